The van der Waals surface area contributed by atoms with E-state index >= 15 is 0 Å². The summed E-state index contributed by atoms with van der Waals surface area (Å²) in [6.07, 6.45) is -1.87. The highest BCUT2D eigenvalue weighted by Gasteiger charge is 2.33. The summed E-state index contributed by atoms with van der Waals surface area (Å²) < 4.78 is 38.4. The Morgan fingerprint density at radius 1 is 0.968 bits per heavy atom. The first-order chi connectivity index (χ1) is 14.0. The van der Waals surface area contributed by atoms with Gasteiger partial charge in [0.15, 0.2) is 0 Å². The standard InChI is InChI=1S/C21H35N3O6S/c1-10-23(11-2)31(27,28)17-13-12-15(3)14-16(17)24(19(26)30-21(7,8)9)22-18(25)29-20(4,5)6/h12-14H,10-11H2,1-9H3,(H,22,25). The Balaban J connectivity index is 3.62. The van der Waals surface area contributed by atoms with E-state index in [9.17, 15) is 18.0 Å². The maximum atomic E-state index is 13.3. The summed E-state index contributed by atoms with van der Waals surface area (Å²) in [6, 6.07) is 4.53. The van der Waals surface area contributed by atoms with Gasteiger partial charge in [0, 0.05) is 13.1 Å². The zero-order chi connectivity index (χ0) is 24.2. The van der Waals surface area contributed by atoms with Gasteiger partial charge in [0.2, 0.25) is 10.0 Å². The number of hydrogen-bond acceptors (Lipinski definition) is 6. The van der Waals surface area contributed by atoms with Gasteiger partial charge in [-0.1, -0.05) is 19.9 Å². The molecule has 1 aromatic carbocycles. The molecule has 31 heavy (non-hydrogen) atoms. The van der Waals surface area contributed by atoms with Crippen LogP contribution in [0.1, 0.15) is 61.0 Å². The minimum absolute atomic E-state index is 0.0352. The molecule has 0 atom stereocenters. The number of hydrogen-bond donors (Lipinski definition) is 1. The predicted octanol–water partition coefficient (Wildman–Crippen LogP) is 4.21. The smallest absolute Gasteiger partial charge is 0.434 e. The van der Waals surface area contributed by atoms with E-state index in [4.69, 9.17) is 9.47 Å². The number of ether oxygens (including phenoxy) is 2. The van der Waals surface area contributed by atoms with Crippen LogP contribution < -0.4 is 10.4 Å². The van der Waals surface area contributed by atoms with Crippen molar-refractivity contribution in [3.63, 3.8) is 0 Å². The monoisotopic (exact) mass is 457 g/mol. The van der Waals surface area contributed by atoms with Crippen molar-refractivity contribution in [1.29, 1.82) is 0 Å². The fraction of sp³-hybridized carbons (Fsp3) is 0.619. The van der Waals surface area contributed by atoms with Crippen LogP contribution in [-0.2, 0) is 19.5 Å². The number of sulfonamides is 1. The molecule has 176 valence electrons. The molecule has 1 rings (SSSR count). The molecule has 0 heterocycles. The quantitative estimate of drug-likeness (QED) is 0.664. The van der Waals surface area contributed by atoms with Crippen molar-refractivity contribution in [1.82, 2.24) is 9.73 Å². The van der Waals surface area contributed by atoms with Crippen molar-refractivity contribution >= 4 is 27.9 Å². The highest BCUT2D eigenvalue weighted by Crippen LogP contribution is 2.30. The number of benzene rings is 1. The Bertz CT molecular complexity index is 897. The van der Waals surface area contributed by atoms with Crippen LogP contribution >= 0.6 is 0 Å². The van der Waals surface area contributed by atoms with E-state index in [1.165, 1.54) is 16.4 Å². The predicted molar refractivity (Wildman–Crippen MR) is 119 cm³/mol. The van der Waals surface area contributed by atoms with Crippen LogP contribution in [0.3, 0.4) is 0 Å². The minimum atomic E-state index is -3.95. The lowest BCUT2D eigenvalue weighted by Gasteiger charge is -2.30. The van der Waals surface area contributed by atoms with Gasteiger partial charge in [0.25, 0.3) is 0 Å². The topological polar surface area (TPSA) is 105 Å². The van der Waals surface area contributed by atoms with Crippen molar-refractivity contribution in [3.8, 4) is 0 Å². The Morgan fingerprint density at radius 2 is 1.48 bits per heavy atom. The van der Waals surface area contributed by atoms with Crippen molar-refractivity contribution in [3.05, 3.63) is 23.8 Å². The summed E-state index contributed by atoms with van der Waals surface area (Å²) in [4.78, 5) is 25.3. The first kappa shape index (κ1) is 26.7. The third-order valence-electron chi connectivity index (χ3n) is 3.86. The second kappa shape index (κ2) is 9.86. The zero-order valence-electron chi connectivity index (χ0n) is 19.9. The number of hydrazine groups is 1. The van der Waals surface area contributed by atoms with Gasteiger partial charge in [-0.3, -0.25) is 0 Å². The SMILES string of the molecule is CCN(CC)S(=O)(=O)c1ccc(C)cc1N(NC(=O)OC(C)(C)C)C(=O)OC(C)(C)C. The number of nitrogens with one attached hydrogen (secondary N) is 1. The lowest BCUT2D eigenvalue weighted by molar-refractivity contribution is 0.0424. The maximum absolute atomic E-state index is 13.3. The largest absolute Gasteiger partial charge is 0.443 e. The fourth-order valence-corrected chi connectivity index (χ4v) is 4.24. The molecule has 1 aromatic rings. The van der Waals surface area contributed by atoms with E-state index in [2.05, 4.69) is 5.43 Å². The first-order valence-electron chi connectivity index (χ1n) is 10.2. The van der Waals surface area contributed by atoms with Gasteiger partial charge in [-0.15, -0.1) is 0 Å². The Hall–Kier alpha value is -2.33. The first-order valence-corrected chi connectivity index (χ1v) is 11.6. The van der Waals surface area contributed by atoms with Crippen LogP contribution in [0.5, 0.6) is 0 Å². The summed E-state index contributed by atoms with van der Waals surface area (Å²) in [5, 5.41) is 0.780. The Kier molecular flexibility index (Phi) is 8.50. The molecule has 9 nitrogen and oxygen atoms in total. The van der Waals surface area contributed by atoms with E-state index in [1.807, 2.05) is 0 Å². The lowest BCUT2D eigenvalue weighted by Crippen LogP contribution is -2.50. The molecule has 0 saturated heterocycles. The molecule has 0 aromatic heterocycles. The minimum Gasteiger partial charge on any atom is -0.443 e. The van der Waals surface area contributed by atoms with Gasteiger partial charge in [-0.25, -0.2) is 23.4 Å². The molecular weight excluding hydrogens is 422 g/mol. The molecule has 0 saturated carbocycles. The molecule has 0 fully saturated rings. The number of nitrogens with zero attached hydrogens (tertiary/aromatic N) is 2. The van der Waals surface area contributed by atoms with Crippen molar-refractivity contribution in [2.45, 2.75) is 78.4 Å². The highest BCUT2D eigenvalue weighted by atomic mass is 32.2. The number of amides is 2. The molecule has 0 aliphatic heterocycles. The molecule has 0 aliphatic rings. The Morgan fingerprint density at radius 3 is 1.94 bits per heavy atom. The normalized spacial score (nSPS) is 12.5. The average molecular weight is 458 g/mol. The molecule has 0 aliphatic carbocycles. The summed E-state index contributed by atoms with van der Waals surface area (Å²) in [6.45, 7) is 15.7. The molecule has 1 N–H and O–H groups in total. The van der Waals surface area contributed by atoms with Gasteiger partial charge in [0.1, 0.15) is 16.1 Å². The molecule has 0 bridgehead atoms. The van der Waals surface area contributed by atoms with Crippen molar-refractivity contribution in [2.75, 3.05) is 18.1 Å². The van der Waals surface area contributed by atoms with Crippen LogP contribution in [0.4, 0.5) is 15.3 Å². The van der Waals surface area contributed by atoms with Gasteiger partial charge in [0.05, 0.1) is 5.69 Å². The van der Waals surface area contributed by atoms with Crippen LogP contribution in [0.25, 0.3) is 0 Å². The van der Waals surface area contributed by atoms with Gasteiger partial charge in [-0.2, -0.15) is 9.31 Å². The van der Waals surface area contributed by atoms with Gasteiger partial charge < -0.3 is 9.47 Å². The van der Waals surface area contributed by atoms with E-state index in [0.29, 0.717) is 5.56 Å². The van der Waals surface area contributed by atoms with Gasteiger partial charge >= 0.3 is 12.2 Å². The van der Waals surface area contributed by atoms with E-state index in [-0.39, 0.29) is 23.7 Å². The van der Waals surface area contributed by atoms with Crippen LogP contribution in [-0.4, -0.2) is 49.2 Å². The second-order valence-corrected chi connectivity index (χ2v) is 10.9. The summed E-state index contributed by atoms with van der Waals surface area (Å²) in [7, 11) is -3.95. The Labute approximate surface area is 185 Å². The molecule has 0 radical (unpaired) electrons. The van der Waals surface area contributed by atoms with Crippen LogP contribution in [0.15, 0.2) is 23.1 Å². The van der Waals surface area contributed by atoms with Gasteiger partial charge in [-0.05, 0) is 66.2 Å². The van der Waals surface area contributed by atoms with E-state index in [0.717, 1.165) is 5.01 Å². The van der Waals surface area contributed by atoms with Crippen molar-refractivity contribution in [2.24, 2.45) is 0 Å². The number of anilines is 1. The third-order valence-corrected chi connectivity index (χ3v) is 5.95. The maximum Gasteiger partial charge on any atom is 0.434 e. The lowest BCUT2D eigenvalue weighted by atomic mass is 10.2. The average Bonchev–Trinajstić information content (AvgIpc) is 2.57. The second-order valence-electron chi connectivity index (χ2n) is 8.99. The number of carbonyl (C=O) groups excluding carboxylic acids is 2. The fourth-order valence-electron chi connectivity index (χ4n) is 2.63. The number of aryl methyl sites for hydroxylation is 1. The molecule has 0 unspecified atom stereocenters. The number of carbonyl (C=O) groups is 2. The van der Waals surface area contributed by atoms with Crippen molar-refractivity contribution < 1.29 is 27.5 Å². The summed E-state index contributed by atoms with van der Waals surface area (Å²) in [5.74, 6) is 0. The molecule has 10 heteroatoms. The van der Waals surface area contributed by atoms with E-state index < -0.39 is 33.4 Å². The third kappa shape index (κ3) is 7.70. The van der Waals surface area contributed by atoms with E-state index in [1.54, 1.807) is 68.4 Å². The van der Waals surface area contributed by atoms with Crippen LogP contribution in [0, 0.1) is 6.92 Å². The van der Waals surface area contributed by atoms with Crippen LogP contribution in [0.2, 0.25) is 0 Å². The summed E-state index contributed by atoms with van der Waals surface area (Å²) in [5.41, 5.74) is 1.29. The zero-order valence-corrected chi connectivity index (χ0v) is 20.7. The molecular formula is C21H35N3O6S. The molecule has 2 amide bonds. The highest BCUT2D eigenvalue weighted by molar-refractivity contribution is 7.89. The summed E-state index contributed by atoms with van der Waals surface area (Å²) >= 11 is 0. The molecule has 0 spiro atoms. The number of rotatable bonds is 5.